The Kier molecular flexibility index (Phi) is 6.79. The highest BCUT2D eigenvalue weighted by atomic mass is 35.5. The molecular formula is C24H19ClN4O3S3. The summed E-state index contributed by atoms with van der Waals surface area (Å²) < 4.78 is 28.5. The number of thioether (sulfide) groups is 1. The van der Waals surface area contributed by atoms with E-state index < -0.39 is 10.0 Å². The van der Waals surface area contributed by atoms with Gasteiger partial charge in [0.2, 0.25) is 5.91 Å². The molecule has 2 aromatic heterocycles. The summed E-state index contributed by atoms with van der Waals surface area (Å²) in [4.78, 5) is 22.1. The Morgan fingerprint density at radius 1 is 1.11 bits per heavy atom. The largest absolute Gasteiger partial charge is 0.350 e. The zero-order valence-electron chi connectivity index (χ0n) is 18.2. The summed E-state index contributed by atoms with van der Waals surface area (Å²) in [5.74, 6) is -0.0385. The Morgan fingerprint density at radius 2 is 1.94 bits per heavy atom. The Bertz CT molecular complexity index is 1480. The van der Waals surface area contributed by atoms with Crippen LogP contribution in [0, 0.1) is 0 Å². The molecule has 0 saturated carbocycles. The van der Waals surface area contributed by atoms with Gasteiger partial charge in [-0.15, -0.1) is 11.3 Å². The summed E-state index contributed by atoms with van der Waals surface area (Å²) >= 11 is 8.97. The molecule has 0 radical (unpaired) electrons. The van der Waals surface area contributed by atoms with E-state index in [9.17, 15) is 13.2 Å². The highest BCUT2D eigenvalue weighted by Gasteiger charge is 2.37. The normalized spacial score (nSPS) is 13.7. The van der Waals surface area contributed by atoms with Crippen LogP contribution in [0.1, 0.15) is 10.4 Å². The van der Waals surface area contributed by atoms with E-state index in [4.69, 9.17) is 11.6 Å². The van der Waals surface area contributed by atoms with Crippen molar-refractivity contribution in [3.05, 3.63) is 87.7 Å². The lowest BCUT2D eigenvalue weighted by Crippen LogP contribution is -2.34. The van der Waals surface area contributed by atoms with Gasteiger partial charge in [0, 0.05) is 15.5 Å². The minimum atomic E-state index is -3.93. The fourth-order valence-corrected chi connectivity index (χ4v) is 6.67. The first-order chi connectivity index (χ1) is 16.9. The molecule has 11 heteroatoms. The van der Waals surface area contributed by atoms with Crippen LogP contribution in [-0.2, 0) is 27.9 Å². The highest BCUT2D eigenvalue weighted by molar-refractivity contribution is 7.99. The molecule has 1 N–H and O–H groups in total. The Morgan fingerprint density at radius 3 is 2.71 bits per heavy atom. The number of hydrogen-bond donors (Lipinski definition) is 1. The maximum absolute atomic E-state index is 13.6. The van der Waals surface area contributed by atoms with Crippen LogP contribution in [0.5, 0.6) is 0 Å². The van der Waals surface area contributed by atoms with Gasteiger partial charge in [-0.2, -0.15) is 0 Å². The molecule has 0 spiro atoms. The van der Waals surface area contributed by atoms with E-state index in [2.05, 4.69) is 15.3 Å². The third-order valence-electron chi connectivity index (χ3n) is 5.33. The summed E-state index contributed by atoms with van der Waals surface area (Å²) in [7, 11) is -3.93. The van der Waals surface area contributed by atoms with Crippen molar-refractivity contribution in [2.45, 2.75) is 23.1 Å². The van der Waals surface area contributed by atoms with Crippen molar-refractivity contribution in [1.29, 1.82) is 0 Å². The second-order valence-electron chi connectivity index (χ2n) is 7.67. The lowest BCUT2D eigenvalue weighted by Gasteiger charge is -2.31. The molecule has 0 fully saturated rings. The third-order valence-corrected chi connectivity index (χ3v) is 9.06. The van der Waals surface area contributed by atoms with E-state index in [-0.39, 0.29) is 23.1 Å². The fraction of sp³-hybridized carbons (Fsp3) is 0.125. The first-order valence-electron chi connectivity index (χ1n) is 10.6. The smallest absolute Gasteiger partial charge is 0.268 e. The molecule has 0 aliphatic carbocycles. The molecule has 0 unspecified atom stereocenters. The summed E-state index contributed by atoms with van der Waals surface area (Å²) in [6.07, 6.45) is 1.32. The SMILES string of the molecule is O=C(CSc1ncc2c(n1)-c1ccc(Cl)cc1N(Cc1ccccc1)S2(=O)=O)NCc1cccs1. The molecule has 0 saturated heterocycles. The van der Waals surface area contributed by atoms with Crippen LogP contribution in [-0.4, -0.2) is 30.0 Å². The predicted octanol–water partition coefficient (Wildman–Crippen LogP) is 4.98. The lowest BCUT2D eigenvalue weighted by molar-refractivity contribution is -0.118. The quantitative estimate of drug-likeness (QED) is 0.262. The maximum atomic E-state index is 13.6. The van der Waals surface area contributed by atoms with Crippen LogP contribution in [0.25, 0.3) is 11.3 Å². The van der Waals surface area contributed by atoms with E-state index in [1.54, 1.807) is 29.5 Å². The fourth-order valence-electron chi connectivity index (χ4n) is 3.66. The maximum Gasteiger partial charge on any atom is 0.268 e. The van der Waals surface area contributed by atoms with Crippen molar-refractivity contribution >= 4 is 56.3 Å². The summed E-state index contributed by atoms with van der Waals surface area (Å²) in [5, 5.41) is 5.56. The minimum absolute atomic E-state index is 0.0229. The second kappa shape index (κ2) is 9.98. The number of sulfonamides is 1. The first-order valence-corrected chi connectivity index (χ1v) is 14.3. The number of rotatable bonds is 7. The number of aromatic nitrogens is 2. The highest BCUT2D eigenvalue weighted by Crippen LogP contribution is 2.44. The Labute approximate surface area is 216 Å². The van der Waals surface area contributed by atoms with Crippen molar-refractivity contribution in [3.8, 4) is 11.3 Å². The van der Waals surface area contributed by atoms with Gasteiger partial charge in [0.1, 0.15) is 4.90 Å². The number of fused-ring (bicyclic) bond motifs is 3. The van der Waals surface area contributed by atoms with Crippen LogP contribution in [0.4, 0.5) is 5.69 Å². The zero-order chi connectivity index (χ0) is 24.4. The van der Waals surface area contributed by atoms with E-state index >= 15 is 0 Å². The van der Waals surface area contributed by atoms with Gasteiger partial charge in [-0.25, -0.2) is 18.4 Å². The molecule has 4 aromatic rings. The van der Waals surface area contributed by atoms with Gasteiger partial charge in [-0.1, -0.05) is 59.8 Å². The summed E-state index contributed by atoms with van der Waals surface area (Å²) in [5.41, 5.74) is 2.24. The number of nitrogens with one attached hydrogen (secondary N) is 1. The third kappa shape index (κ3) is 5.06. The number of thiophene rings is 1. The average Bonchev–Trinajstić information content (AvgIpc) is 3.38. The van der Waals surface area contributed by atoms with Crippen molar-refractivity contribution in [2.75, 3.05) is 10.1 Å². The lowest BCUT2D eigenvalue weighted by atomic mass is 10.1. The number of benzene rings is 2. The number of nitrogens with zero attached hydrogens (tertiary/aromatic N) is 3. The van der Waals surface area contributed by atoms with Gasteiger partial charge in [0.05, 0.1) is 36.4 Å². The van der Waals surface area contributed by atoms with Crippen molar-refractivity contribution in [2.24, 2.45) is 0 Å². The second-order valence-corrected chi connectivity index (χ2v) is 11.9. The summed E-state index contributed by atoms with van der Waals surface area (Å²) in [6, 6.07) is 18.3. The van der Waals surface area contributed by atoms with Gasteiger partial charge in [0.15, 0.2) is 5.16 Å². The Balaban J connectivity index is 1.42. The minimum Gasteiger partial charge on any atom is -0.350 e. The monoisotopic (exact) mass is 542 g/mol. The number of carbonyl (C=O) groups is 1. The van der Waals surface area contributed by atoms with Crippen LogP contribution >= 0.6 is 34.7 Å². The molecule has 5 rings (SSSR count). The number of hydrogen-bond acceptors (Lipinski definition) is 7. The molecule has 0 bridgehead atoms. The van der Waals surface area contributed by atoms with Gasteiger partial charge in [-0.05, 0) is 35.2 Å². The molecule has 1 amide bonds. The molecular weight excluding hydrogens is 524 g/mol. The topological polar surface area (TPSA) is 92.3 Å². The van der Waals surface area contributed by atoms with Gasteiger partial charge in [0.25, 0.3) is 10.0 Å². The van der Waals surface area contributed by atoms with Crippen molar-refractivity contribution in [1.82, 2.24) is 15.3 Å². The Hall–Kier alpha value is -2.92. The standard InChI is InChI=1S/C24H19ClN4O3S3/c25-17-8-9-19-20(11-17)29(14-16-5-2-1-3-6-16)35(31,32)21-13-27-24(28-23(19)21)34-15-22(30)26-12-18-7-4-10-33-18/h1-11,13H,12,14-15H2,(H,26,30). The van der Waals surface area contributed by atoms with Gasteiger partial charge < -0.3 is 5.32 Å². The van der Waals surface area contributed by atoms with E-state index in [1.807, 2.05) is 47.8 Å². The molecule has 7 nitrogen and oxygen atoms in total. The van der Waals surface area contributed by atoms with Crippen LogP contribution < -0.4 is 9.62 Å². The van der Waals surface area contributed by atoms with Crippen molar-refractivity contribution < 1.29 is 13.2 Å². The van der Waals surface area contributed by atoms with E-state index in [0.717, 1.165) is 22.2 Å². The first kappa shape index (κ1) is 23.8. The van der Waals surface area contributed by atoms with E-state index in [1.165, 1.54) is 10.5 Å². The van der Waals surface area contributed by atoms with Gasteiger partial charge in [-0.3, -0.25) is 9.10 Å². The number of amides is 1. The van der Waals surface area contributed by atoms with Crippen LogP contribution in [0.2, 0.25) is 5.02 Å². The molecule has 3 heterocycles. The van der Waals surface area contributed by atoms with Crippen LogP contribution in [0.3, 0.4) is 0 Å². The number of halogens is 1. The number of carbonyl (C=O) groups excluding carboxylic acids is 1. The van der Waals surface area contributed by atoms with E-state index in [0.29, 0.717) is 33.7 Å². The zero-order valence-corrected chi connectivity index (χ0v) is 21.4. The van der Waals surface area contributed by atoms with Crippen LogP contribution in [0.15, 0.2) is 82.3 Å². The van der Waals surface area contributed by atoms with Crippen molar-refractivity contribution in [3.63, 3.8) is 0 Å². The average molecular weight is 543 g/mol. The van der Waals surface area contributed by atoms with Gasteiger partial charge >= 0.3 is 0 Å². The predicted molar refractivity (Wildman–Crippen MR) is 139 cm³/mol. The molecule has 1 aliphatic heterocycles. The molecule has 0 atom stereocenters. The molecule has 178 valence electrons. The summed E-state index contributed by atoms with van der Waals surface area (Å²) in [6.45, 7) is 0.614. The molecule has 2 aromatic carbocycles. The molecule has 1 aliphatic rings. The molecule has 35 heavy (non-hydrogen) atoms. The number of anilines is 1.